The van der Waals surface area contributed by atoms with Crippen molar-refractivity contribution >= 4 is 31.9 Å². The molecule has 2 rings (SSSR count). The third-order valence-corrected chi connectivity index (χ3v) is 4.69. The van der Waals surface area contributed by atoms with Gasteiger partial charge in [0, 0.05) is 23.5 Å². The van der Waals surface area contributed by atoms with Gasteiger partial charge < -0.3 is 10.1 Å². The molecule has 0 saturated carbocycles. The van der Waals surface area contributed by atoms with Gasteiger partial charge in [-0.3, -0.25) is 4.79 Å². The summed E-state index contributed by atoms with van der Waals surface area (Å²) in [5.74, 6) is -0.0339. The van der Waals surface area contributed by atoms with Gasteiger partial charge in [0.15, 0.2) is 0 Å². The SMILES string of the molecule is NS(=O)(=O)c1ccc(Br)c(C(=O)NCC2CCOC2)c1. The van der Waals surface area contributed by atoms with Crippen LogP contribution in [0, 0.1) is 5.92 Å². The highest BCUT2D eigenvalue weighted by Crippen LogP contribution is 2.20. The van der Waals surface area contributed by atoms with Gasteiger partial charge in [-0.2, -0.15) is 0 Å². The fraction of sp³-hybridized carbons (Fsp3) is 0.417. The Hall–Kier alpha value is -0.960. The molecule has 110 valence electrons. The molecule has 1 unspecified atom stereocenters. The third kappa shape index (κ3) is 3.78. The molecule has 1 aromatic rings. The molecular formula is C12H15BrN2O4S. The minimum absolute atomic E-state index is 0.0879. The number of carbonyl (C=O) groups excluding carboxylic acids is 1. The van der Waals surface area contributed by atoms with E-state index >= 15 is 0 Å². The van der Waals surface area contributed by atoms with Crippen LogP contribution < -0.4 is 10.5 Å². The molecule has 6 nitrogen and oxygen atoms in total. The molecule has 1 aliphatic heterocycles. The van der Waals surface area contributed by atoms with Crippen molar-refractivity contribution in [3.05, 3.63) is 28.2 Å². The molecule has 20 heavy (non-hydrogen) atoms. The Morgan fingerprint density at radius 3 is 2.85 bits per heavy atom. The Balaban J connectivity index is 2.12. The van der Waals surface area contributed by atoms with Gasteiger partial charge in [-0.25, -0.2) is 13.6 Å². The Morgan fingerprint density at radius 1 is 1.50 bits per heavy atom. The van der Waals surface area contributed by atoms with Crippen molar-refractivity contribution in [3.63, 3.8) is 0 Å². The maximum absolute atomic E-state index is 12.1. The second-order valence-corrected chi connectivity index (χ2v) is 7.04. The summed E-state index contributed by atoms with van der Waals surface area (Å²) >= 11 is 3.23. The average molecular weight is 363 g/mol. The van der Waals surface area contributed by atoms with Crippen LogP contribution in [0.5, 0.6) is 0 Å². The van der Waals surface area contributed by atoms with Gasteiger partial charge in [-0.15, -0.1) is 0 Å². The molecule has 0 aliphatic carbocycles. The highest BCUT2D eigenvalue weighted by Gasteiger charge is 2.19. The highest BCUT2D eigenvalue weighted by atomic mass is 79.9. The number of nitrogens with one attached hydrogen (secondary N) is 1. The van der Waals surface area contributed by atoms with Crippen LogP contribution >= 0.6 is 15.9 Å². The van der Waals surface area contributed by atoms with Gasteiger partial charge in [0.25, 0.3) is 5.91 Å². The van der Waals surface area contributed by atoms with Crippen molar-refractivity contribution in [3.8, 4) is 0 Å². The Morgan fingerprint density at radius 2 is 2.25 bits per heavy atom. The fourth-order valence-electron chi connectivity index (χ4n) is 1.93. The number of primary sulfonamides is 1. The van der Waals surface area contributed by atoms with Crippen molar-refractivity contribution in [2.24, 2.45) is 11.1 Å². The molecule has 1 aromatic carbocycles. The van der Waals surface area contributed by atoms with Gasteiger partial charge >= 0.3 is 0 Å². The Kier molecular flexibility index (Phi) is 4.79. The third-order valence-electron chi connectivity index (χ3n) is 3.09. The van der Waals surface area contributed by atoms with Gasteiger partial charge in [0.1, 0.15) is 0 Å². The van der Waals surface area contributed by atoms with Crippen LogP contribution in [0.15, 0.2) is 27.6 Å². The van der Waals surface area contributed by atoms with Crippen LogP contribution in [0.3, 0.4) is 0 Å². The number of sulfonamides is 1. The smallest absolute Gasteiger partial charge is 0.252 e. The molecule has 0 aromatic heterocycles. The molecule has 1 heterocycles. The topological polar surface area (TPSA) is 98.5 Å². The first-order chi connectivity index (χ1) is 9.38. The summed E-state index contributed by atoms with van der Waals surface area (Å²) in [5.41, 5.74) is 0.246. The number of hydrogen-bond acceptors (Lipinski definition) is 4. The summed E-state index contributed by atoms with van der Waals surface area (Å²) in [4.78, 5) is 12.0. The molecule has 1 fully saturated rings. The van der Waals surface area contributed by atoms with Crippen LogP contribution in [0.2, 0.25) is 0 Å². The van der Waals surface area contributed by atoms with E-state index in [4.69, 9.17) is 9.88 Å². The minimum atomic E-state index is -3.83. The molecular weight excluding hydrogens is 348 g/mol. The summed E-state index contributed by atoms with van der Waals surface area (Å²) in [6.07, 6.45) is 0.915. The van der Waals surface area contributed by atoms with E-state index < -0.39 is 10.0 Å². The summed E-state index contributed by atoms with van der Waals surface area (Å²) in [6.45, 7) is 1.86. The number of ether oxygens (including phenoxy) is 1. The summed E-state index contributed by atoms with van der Waals surface area (Å²) < 4.78 is 28.3. The van der Waals surface area contributed by atoms with Crippen LogP contribution in [-0.4, -0.2) is 34.1 Å². The average Bonchev–Trinajstić information content (AvgIpc) is 2.88. The Labute approximate surface area is 125 Å². The van der Waals surface area contributed by atoms with Crippen molar-refractivity contribution in [1.82, 2.24) is 5.32 Å². The quantitative estimate of drug-likeness (QED) is 0.829. The van der Waals surface area contributed by atoms with E-state index in [1.165, 1.54) is 18.2 Å². The number of rotatable bonds is 4. The number of nitrogens with two attached hydrogens (primary N) is 1. The summed E-state index contributed by atoms with van der Waals surface area (Å²) in [7, 11) is -3.83. The lowest BCUT2D eigenvalue weighted by atomic mass is 10.1. The van der Waals surface area contributed by atoms with Crippen LogP contribution in [0.25, 0.3) is 0 Å². The lowest BCUT2D eigenvalue weighted by Gasteiger charge is -2.11. The lowest BCUT2D eigenvalue weighted by Crippen LogP contribution is -2.30. The predicted molar refractivity (Wildman–Crippen MR) is 76.8 cm³/mol. The molecule has 3 N–H and O–H groups in total. The van der Waals surface area contributed by atoms with E-state index in [0.29, 0.717) is 30.1 Å². The standard InChI is InChI=1S/C12H15BrN2O4S/c13-11-2-1-9(20(14,17)18)5-10(11)12(16)15-6-8-3-4-19-7-8/h1-2,5,8H,3-4,6-7H2,(H,15,16)(H2,14,17,18). The normalized spacial score (nSPS) is 19.0. The first-order valence-electron chi connectivity index (χ1n) is 6.06. The van der Waals surface area contributed by atoms with E-state index in [2.05, 4.69) is 21.2 Å². The second-order valence-electron chi connectivity index (χ2n) is 4.63. The van der Waals surface area contributed by atoms with Crippen LogP contribution in [0.1, 0.15) is 16.8 Å². The minimum Gasteiger partial charge on any atom is -0.381 e. The molecule has 8 heteroatoms. The molecule has 0 spiro atoms. The van der Waals surface area contributed by atoms with Gasteiger partial charge in [0.05, 0.1) is 17.1 Å². The molecule has 1 saturated heterocycles. The zero-order valence-electron chi connectivity index (χ0n) is 10.6. The number of benzene rings is 1. The fourth-order valence-corrected chi connectivity index (χ4v) is 2.90. The molecule has 1 aliphatic rings. The molecule has 1 amide bonds. The van der Waals surface area contributed by atoms with Gasteiger partial charge in [-0.1, -0.05) is 0 Å². The monoisotopic (exact) mass is 362 g/mol. The number of amides is 1. The van der Waals surface area contributed by atoms with Gasteiger partial charge in [-0.05, 0) is 40.5 Å². The first kappa shape index (κ1) is 15.4. The van der Waals surface area contributed by atoms with E-state index in [-0.39, 0.29) is 16.4 Å². The van der Waals surface area contributed by atoms with E-state index in [0.717, 1.165) is 6.42 Å². The highest BCUT2D eigenvalue weighted by molar-refractivity contribution is 9.10. The van der Waals surface area contributed by atoms with Gasteiger partial charge in [0.2, 0.25) is 10.0 Å². The zero-order chi connectivity index (χ0) is 14.8. The number of halogens is 1. The second kappa shape index (κ2) is 6.21. The Bertz CT molecular complexity index is 612. The lowest BCUT2D eigenvalue weighted by molar-refractivity contribution is 0.0944. The zero-order valence-corrected chi connectivity index (χ0v) is 13.0. The number of carbonyl (C=O) groups is 1. The first-order valence-corrected chi connectivity index (χ1v) is 8.40. The summed E-state index contributed by atoms with van der Waals surface area (Å²) in [5, 5.41) is 7.83. The largest absolute Gasteiger partial charge is 0.381 e. The van der Waals surface area contributed by atoms with Crippen molar-refractivity contribution in [2.75, 3.05) is 19.8 Å². The van der Waals surface area contributed by atoms with Crippen molar-refractivity contribution in [1.29, 1.82) is 0 Å². The molecule has 0 radical (unpaired) electrons. The van der Waals surface area contributed by atoms with E-state index in [1.54, 1.807) is 0 Å². The molecule has 1 atom stereocenters. The van der Waals surface area contributed by atoms with Crippen molar-refractivity contribution < 1.29 is 17.9 Å². The van der Waals surface area contributed by atoms with Crippen LogP contribution in [-0.2, 0) is 14.8 Å². The van der Waals surface area contributed by atoms with E-state index in [9.17, 15) is 13.2 Å². The van der Waals surface area contributed by atoms with Crippen molar-refractivity contribution in [2.45, 2.75) is 11.3 Å². The molecule has 0 bridgehead atoms. The maximum Gasteiger partial charge on any atom is 0.252 e. The number of hydrogen-bond donors (Lipinski definition) is 2. The summed E-state index contributed by atoms with van der Waals surface area (Å²) in [6, 6.07) is 4.11. The maximum atomic E-state index is 12.1. The predicted octanol–water partition coefficient (Wildman–Crippen LogP) is 0.863. The van der Waals surface area contributed by atoms with Crippen LogP contribution in [0.4, 0.5) is 0 Å². The van der Waals surface area contributed by atoms with E-state index in [1.807, 2.05) is 0 Å².